The first kappa shape index (κ1) is 9.05. The molecule has 2 aromatic heterocycles. The third-order valence-electron chi connectivity index (χ3n) is 2.04. The largest absolute Gasteiger partial charge is 0.433 e. The zero-order chi connectivity index (χ0) is 10.3. The van der Waals surface area contributed by atoms with Crippen LogP contribution in [0, 0.1) is 6.92 Å². The number of nitrogens with one attached hydrogen (secondary N) is 1. The zero-order valence-corrected chi connectivity index (χ0v) is 7.31. The number of fused-ring (bicyclic) bond motifs is 1. The number of aromatic amines is 1. The second kappa shape index (κ2) is 2.73. The topological polar surface area (TPSA) is 28.7 Å². The highest BCUT2D eigenvalue weighted by Gasteiger charge is 2.32. The van der Waals surface area contributed by atoms with Crippen LogP contribution in [0.5, 0.6) is 0 Å². The molecule has 0 aliphatic carbocycles. The lowest BCUT2D eigenvalue weighted by Crippen LogP contribution is -2.07. The van der Waals surface area contributed by atoms with Crippen molar-refractivity contribution in [3.63, 3.8) is 0 Å². The summed E-state index contributed by atoms with van der Waals surface area (Å²) in [5.41, 5.74) is 0.297. The number of alkyl halides is 3. The molecule has 0 unspecified atom stereocenters. The van der Waals surface area contributed by atoms with E-state index in [-0.39, 0.29) is 5.65 Å². The lowest BCUT2D eigenvalue weighted by molar-refractivity contribution is -0.141. The summed E-state index contributed by atoms with van der Waals surface area (Å²) in [4.78, 5) is 6.18. The first-order valence-corrected chi connectivity index (χ1v) is 4.00. The first-order valence-electron chi connectivity index (χ1n) is 4.00. The maximum Gasteiger partial charge on any atom is 0.433 e. The fourth-order valence-corrected chi connectivity index (χ4v) is 1.30. The van der Waals surface area contributed by atoms with Crippen molar-refractivity contribution < 1.29 is 13.2 Å². The molecule has 0 spiro atoms. The summed E-state index contributed by atoms with van der Waals surface area (Å²) in [7, 11) is 0. The van der Waals surface area contributed by atoms with E-state index in [0.29, 0.717) is 0 Å². The number of rotatable bonds is 0. The van der Waals surface area contributed by atoms with Gasteiger partial charge in [0.25, 0.3) is 0 Å². The van der Waals surface area contributed by atoms with Gasteiger partial charge in [0.1, 0.15) is 11.3 Å². The maximum absolute atomic E-state index is 12.2. The van der Waals surface area contributed by atoms with Crippen LogP contribution in [0.4, 0.5) is 13.2 Å². The molecule has 2 aromatic rings. The van der Waals surface area contributed by atoms with E-state index in [9.17, 15) is 13.2 Å². The highest BCUT2D eigenvalue weighted by molar-refractivity contribution is 5.79. The summed E-state index contributed by atoms with van der Waals surface area (Å²) in [5, 5.41) is 0.720. The van der Waals surface area contributed by atoms with Gasteiger partial charge in [0, 0.05) is 11.6 Å². The summed E-state index contributed by atoms with van der Waals surface area (Å²) in [6.45, 7) is 1.81. The van der Waals surface area contributed by atoms with Crippen molar-refractivity contribution >= 4 is 11.0 Å². The second-order valence-corrected chi connectivity index (χ2v) is 3.06. The summed E-state index contributed by atoms with van der Waals surface area (Å²) in [5.74, 6) is 0. The predicted molar refractivity (Wildman–Crippen MR) is 45.8 cm³/mol. The van der Waals surface area contributed by atoms with Crippen molar-refractivity contribution in [3.05, 3.63) is 29.6 Å². The molecule has 0 aliphatic heterocycles. The molecule has 0 saturated heterocycles. The molecule has 0 saturated carbocycles. The van der Waals surface area contributed by atoms with E-state index in [0.717, 1.165) is 17.0 Å². The number of aromatic nitrogens is 2. The highest BCUT2D eigenvalue weighted by atomic mass is 19.4. The minimum atomic E-state index is -4.38. The average Bonchev–Trinajstić information content (AvgIpc) is 2.46. The van der Waals surface area contributed by atoms with Crippen molar-refractivity contribution in [3.8, 4) is 0 Å². The number of aryl methyl sites for hydroxylation is 1. The molecule has 74 valence electrons. The molecule has 0 aliphatic rings. The van der Waals surface area contributed by atoms with Gasteiger partial charge in [-0.3, -0.25) is 0 Å². The molecule has 14 heavy (non-hydrogen) atoms. The number of H-pyrrole nitrogens is 1. The fourth-order valence-electron chi connectivity index (χ4n) is 1.30. The highest BCUT2D eigenvalue weighted by Crippen LogP contribution is 2.29. The lowest BCUT2D eigenvalue weighted by Gasteiger charge is -2.04. The summed E-state index contributed by atoms with van der Waals surface area (Å²) < 4.78 is 36.7. The summed E-state index contributed by atoms with van der Waals surface area (Å²) in [6.07, 6.45) is -2.75. The van der Waals surface area contributed by atoms with Gasteiger partial charge in [-0.25, -0.2) is 4.98 Å². The molecular formula is C9H7F3N2. The molecule has 0 bridgehead atoms. The van der Waals surface area contributed by atoms with Crippen molar-refractivity contribution in [1.82, 2.24) is 9.97 Å². The van der Waals surface area contributed by atoms with Crippen LogP contribution in [0.25, 0.3) is 11.0 Å². The Morgan fingerprint density at radius 3 is 2.64 bits per heavy atom. The van der Waals surface area contributed by atoms with Gasteiger partial charge in [-0.05, 0) is 24.6 Å². The van der Waals surface area contributed by atoms with Gasteiger partial charge < -0.3 is 4.98 Å². The van der Waals surface area contributed by atoms with E-state index >= 15 is 0 Å². The molecule has 0 atom stereocenters. The zero-order valence-electron chi connectivity index (χ0n) is 7.31. The van der Waals surface area contributed by atoms with E-state index in [1.807, 2.05) is 6.92 Å². The van der Waals surface area contributed by atoms with Crippen molar-refractivity contribution in [2.24, 2.45) is 0 Å². The Bertz CT molecular complexity index is 470. The number of nitrogens with zero attached hydrogens (tertiary/aromatic N) is 1. The van der Waals surface area contributed by atoms with E-state index < -0.39 is 11.9 Å². The Kier molecular flexibility index (Phi) is 1.77. The van der Waals surface area contributed by atoms with Gasteiger partial charge in [-0.1, -0.05) is 0 Å². The number of hydrogen-bond acceptors (Lipinski definition) is 1. The van der Waals surface area contributed by atoms with Gasteiger partial charge in [-0.15, -0.1) is 0 Å². The predicted octanol–water partition coefficient (Wildman–Crippen LogP) is 2.89. The van der Waals surface area contributed by atoms with Crippen molar-refractivity contribution in [2.75, 3.05) is 0 Å². The molecule has 0 radical (unpaired) electrons. The van der Waals surface area contributed by atoms with Crippen molar-refractivity contribution in [2.45, 2.75) is 13.1 Å². The van der Waals surface area contributed by atoms with Crippen LogP contribution in [-0.2, 0) is 6.18 Å². The van der Waals surface area contributed by atoms with Gasteiger partial charge in [-0.2, -0.15) is 13.2 Å². The molecule has 0 fully saturated rings. The Hall–Kier alpha value is -1.52. The molecule has 0 amide bonds. The Labute approximate surface area is 77.8 Å². The SMILES string of the molecule is Cc1c[nH]c2nc(C(F)(F)F)ccc12. The number of halogens is 3. The van der Waals surface area contributed by atoms with Crippen LogP contribution in [0.2, 0.25) is 0 Å². The summed E-state index contributed by atoms with van der Waals surface area (Å²) >= 11 is 0. The number of hydrogen-bond donors (Lipinski definition) is 1. The van der Waals surface area contributed by atoms with Crippen LogP contribution in [-0.4, -0.2) is 9.97 Å². The molecule has 0 aromatic carbocycles. The molecular weight excluding hydrogens is 193 g/mol. The van der Waals surface area contributed by atoms with E-state index in [1.54, 1.807) is 6.20 Å². The van der Waals surface area contributed by atoms with Crippen LogP contribution in [0.15, 0.2) is 18.3 Å². The normalized spacial score (nSPS) is 12.3. The van der Waals surface area contributed by atoms with Crippen LogP contribution < -0.4 is 0 Å². The quantitative estimate of drug-likeness (QED) is 0.695. The van der Waals surface area contributed by atoms with Crippen LogP contribution in [0.3, 0.4) is 0 Å². The standard InChI is InChI=1S/C9H7F3N2/c1-5-4-13-8-6(5)2-3-7(14-8)9(10,11)12/h2-4H,1H3,(H,13,14). The first-order chi connectivity index (χ1) is 6.48. The third-order valence-corrected chi connectivity index (χ3v) is 2.04. The molecule has 2 rings (SSSR count). The van der Waals surface area contributed by atoms with E-state index in [4.69, 9.17) is 0 Å². The third kappa shape index (κ3) is 1.34. The van der Waals surface area contributed by atoms with E-state index in [1.165, 1.54) is 6.07 Å². The van der Waals surface area contributed by atoms with Crippen LogP contribution in [0.1, 0.15) is 11.3 Å². The minimum Gasteiger partial charge on any atom is -0.346 e. The van der Waals surface area contributed by atoms with Crippen LogP contribution >= 0.6 is 0 Å². The van der Waals surface area contributed by atoms with Crippen molar-refractivity contribution in [1.29, 1.82) is 0 Å². The molecule has 1 N–H and O–H groups in total. The average molecular weight is 200 g/mol. The Balaban J connectivity index is 2.63. The molecule has 5 heteroatoms. The maximum atomic E-state index is 12.2. The fraction of sp³-hybridized carbons (Fsp3) is 0.222. The molecule has 2 heterocycles. The van der Waals surface area contributed by atoms with E-state index in [2.05, 4.69) is 9.97 Å². The Morgan fingerprint density at radius 2 is 2.00 bits per heavy atom. The van der Waals surface area contributed by atoms with Gasteiger partial charge >= 0.3 is 6.18 Å². The lowest BCUT2D eigenvalue weighted by atomic mass is 10.2. The summed E-state index contributed by atoms with van der Waals surface area (Å²) in [6, 6.07) is 2.42. The smallest absolute Gasteiger partial charge is 0.346 e. The van der Waals surface area contributed by atoms with Gasteiger partial charge in [0.15, 0.2) is 0 Å². The molecule has 2 nitrogen and oxygen atoms in total. The van der Waals surface area contributed by atoms with Gasteiger partial charge in [0.2, 0.25) is 0 Å². The minimum absolute atomic E-state index is 0.275. The Morgan fingerprint density at radius 1 is 1.29 bits per heavy atom. The second-order valence-electron chi connectivity index (χ2n) is 3.06. The monoisotopic (exact) mass is 200 g/mol. The van der Waals surface area contributed by atoms with Gasteiger partial charge in [0.05, 0.1) is 0 Å². The number of pyridine rings is 1.